The van der Waals surface area contributed by atoms with Gasteiger partial charge in [-0.2, -0.15) is 6.92 Å². The molecule has 1 atom stereocenters. The van der Waals surface area contributed by atoms with E-state index in [1.165, 1.54) is 12.8 Å². The van der Waals surface area contributed by atoms with Crippen molar-refractivity contribution in [3.63, 3.8) is 0 Å². The van der Waals surface area contributed by atoms with Gasteiger partial charge in [0.2, 0.25) is 0 Å². The standard InChI is InChI=1S/C9H18O.C6H6.C2H5.CH3.V.Y/c1-4-6-7-9(5-2)8(3)10;1-2-4-6-5-3-1;1-2;;;/h9H,4-7H2,1-3H3;1-6H;1H2,2H3;1H3;;/q;;2*-1;;. The van der Waals surface area contributed by atoms with Crippen molar-refractivity contribution in [2.24, 2.45) is 5.92 Å². The molecule has 0 spiro atoms. The molecule has 0 saturated carbocycles. The minimum atomic E-state index is 0. The topological polar surface area (TPSA) is 17.1 Å². The molecule has 1 aromatic rings. The summed E-state index contributed by atoms with van der Waals surface area (Å²) in [4.78, 5) is 10.9. The van der Waals surface area contributed by atoms with E-state index in [4.69, 9.17) is 0 Å². The van der Waals surface area contributed by atoms with Crippen LogP contribution < -0.4 is 0 Å². The number of carbonyl (C=O) groups excluding carboxylic acids is 1. The maximum Gasteiger partial charge on any atom is 0.132 e. The summed E-state index contributed by atoms with van der Waals surface area (Å²) in [6, 6.07) is 12.0. The average molecular weight is 404 g/mol. The maximum atomic E-state index is 10.9. The normalized spacial score (nSPS) is 8.81. The molecule has 1 rings (SSSR count). The van der Waals surface area contributed by atoms with Gasteiger partial charge in [0.15, 0.2) is 0 Å². The Kier molecular flexibility index (Phi) is 45.4. The third kappa shape index (κ3) is 25.8. The van der Waals surface area contributed by atoms with E-state index in [1.807, 2.05) is 36.4 Å². The smallest absolute Gasteiger partial charge is 0.132 e. The zero-order chi connectivity index (χ0) is 14.2. The van der Waals surface area contributed by atoms with Crippen LogP contribution in [0.25, 0.3) is 0 Å². The molecule has 0 bridgehead atoms. The van der Waals surface area contributed by atoms with E-state index in [0.29, 0.717) is 11.7 Å². The molecule has 21 heavy (non-hydrogen) atoms. The quantitative estimate of drug-likeness (QED) is 0.570. The molecule has 0 heterocycles. The number of Topliss-reactive ketones (excluding diaryl/α,β-unsaturated/α-hetero) is 1. The Bertz CT molecular complexity index is 238. The van der Waals surface area contributed by atoms with Gasteiger partial charge in [0.05, 0.1) is 0 Å². The van der Waals surface area contributed by atoms with E-state index in [2.05, 4.69) is 20.8 Å². The Morgan fingerprint density at radius 2 is 1.33 bits per heavy atom. The van der Waals surface area contributed by atoms with Crippen molar-refractivity contribution in [1.82, 2.24) is 0 Å². The molecule has 0 aliphatic heterocycles. The molecule has 1 unspecified atom stereocenters. The van der Waals surface area contributed by atoms with E-state index < -0.39 is 0 Å². The van der Waals surface area contributed by atoms with E-state index in [1.54, 1.807) is 13.8 Å². The first-order valence-corrected chi connectivity index (χ1v) is 6.93. The minimum absolute atomic E-state index is 0. The largest absolute Gasteiger partial charge is 0.358 e. The fraction of sp³-hybridized carbons (Fsp3) is 0.500. The second kappa shape index (κ2) is 28.7. The van der Waals surface area contributed by atoms with Gasteiger partial charge in [-0.25, -0.2) is 0 Å². The number of benzene rings is 1. The number of carbonyl (C=O) groups is 1. The Morgan fingerprint density at radius 3 is 1.52 bits per heavy atom. The van der Waals surface area contributed by atoms with Crippen LogP contribution >= 0.6 is 0 Å². The molecule has 0 aliphatic rings. The molecule has 0 aliphatic carbocycles. The van der Waals surface area contributed by atoms with E-state index in [-0.39, 0.29) is 58.7 Å². The van der Waals surface area contributed by atoms with Gasteiger partial charge in [0.1, 0.15) is 5.78 Å². The first-order valence-electron chi connectivity index (χ1n) is 6.93. The Labute approximate surface area is 170 Å². The van der Waals surface area contributed by atoms with Gasteiger partial charge in [-0.1, -0.05) is 63.1 Å². The maximum absolute atomic E-state index is 10.9. The zero-order valence-corrected chi connectivity index (χ0v) is 18.7. The Morgan fingerprint density at radius 1 is 1.00 bits per heavy atom. The number of hydrogen-bond acceptors (Lipinski definition) is 1. The first kappa shape index (κ1) is 33.2. The van der Waals surface area contributed by atoms with Crippen molar-refractivity contribution >= 4 is 5.78 Å². The number of rotatable bonds is 5. The molecular formula is C18H32OVY-2. The predicted molar refractivity (Wildman–Crippen MR) is 87.9 cm³/mol. The second-order valence-corrected chi connectivity index (χ2v) is 4.01. The summed E-state index contributed by atoms with van der Waals surface area (Å²) >= 11 is 0. The van der Waals surface area contributed by atoms with Crippen molar-refractivity contribution in [2.45, 2.75) is 53.4 Å². The van der Waals surface area contributed by atoms with E-state index >= 15 is 0 Å². The van der Waals surface area contributed by atoms with Gasteiger partial charge in [0, 0.05) is 57.2 Å². The van der Waals surface area contributed by atoms with Crippen molar-refractivity contribution in [1.29, 1.82) is 0 Å². The van der Waals surface area contributed by atoms with Gasteiger partial charge >= 0.3 is 0 Å². The minimum Gasteiger partial charge on any atom is -0.358 e. The van der Waals surface area contributed by atoms with Crippen molar-refractivity contribution in [3.05, 3.63) is 50.7 Å². The summed E-state index contributed by atoms with van der Waals surface area (Å²) < 4.78 is 0. The van der Waals surface area contributed by atoms with E-state index in [9.17, 15) is 4.79 Å². The molecule has 0 fully saturated rings. The third-order valence-electron chi connectivity index (χ3n) is 2.64. The SMILES string of the molecule is CCCCC(CC)C(C)=O.[CH2-]C.[CH3-].[V].[Y].c1ccccc1. The molecule has 0 saturated heterocycles. The van der Waals surface area contributed by atoms with Gasteiger partial charge < -0.3 is 14.4 Å². The summed E-state index contributed by atoms with van der Waals surface area (Å²) in [6.45, 7) is 10.9. The summed E-state index contributed by atoms with van der Waals surface area (Å²) in [6.07, 6.45) is 4.49. The van der Waals surface area contributed by atoms with Crippen LogP contribution in [0.2, 0.25) is 0 Å². The predicted octanol–water partition coefficient (Wildman–Crippen LogP) is 5.76. The summed E-state index contributed by atoms with van der Waals surface area (Å²) in [5.74, 6) is 0.691. The molecule has 0 aromatic heterocycles. The van der Waals surface area contributed by atoms with Crippen molar-refractivity contribution in [3.8, 4) is 0 Å². The second-order valence-electron chi connectivity index (χ2n) is 4.01. The zero-order valence-electron chi connectivity index (χ0n) is 14.5. The fourth-order valence-corrected chi connectivity index (χ4v) is 1.53. The molecule has 3 heteroatoms. The molecule has 0 amide bonds. The summed E-state index contributed by atoms with van der Waals surface area (Å²) in [5, 5.41) is 0. The molecule has 2 radical (unpaired) electrons. The van der Waals surface area contributed by atoms with Crippen LogP contribution in [0.15, 0.2) is 36.4 Å². The van der Waals surface area contributed by atoms with Crippen LogP contribution in [0.3, 0.4) is 0 Å². The van der Waals surface area contributed by atoms with Gasteiger partial charge in [-0.3, -0.25) is 4.79 Å². The molecular weight excluding hydrogens is 372 g/mol. The number of unbranched alkanes of at least 4 members (excludes halogenated alkanes) is 1. The molecule has 1 aromatic carbocycles. The average Bonchev–Trinajstić information content (AvgIpc) is 2.44. The summed E-state index contributed by atoms with van der Waals surface area (Å²) in [5.41, 5.74) is 0. The van der Waals surface area contributed by atoms with Crippen LogP contribution in [0.1, 0.15) is 53.4 Å². The monoisotopic (exact) mass is 404 g/mol. The Hall–Kier alpha value is 0.578. The van der Waals surface area contributed by atoms with Crippen LogP contribution in [0, 0.1) is 20.3 Å². The van der Waals surface area contributed by atoms with Crippen LogP contribution in [-0.4, -0.2) is 5.78 Å². The molecule has 120 valence electrons. The Balaban J connectivity index is -0.0000000678. The first-order chi connectivity index (χ1) is 8.72. The van der Waals surface area contributed by atoms with Crippen LogP contribution in [0.5, 0.6) is 0 Å². The fourth-order valence-electron chi connectivity index (χ4n) is 1.53. The van der Waals surface area contributed by atoms with Crippen LogP contribution in [-0.2, 0) is 56.1 Å². The van der Waals surface area contributed by atoms with Crippen LogP contribution in [0.4, 0.5) is 0 Å². The third-order valence-corrected chi connectivity index (χ3v) is 2.64. The van der Waals surface area contributed by atoms with Crippen molar-refractivity contribution < 1.29 is 56.1 Å². The molecule has 0 N–H and O–H groups in total. The van der Waals surface area contributed by atoms with Gasteiger partial charge in [0.25, 0.3) is 0 Å². The number of hydrogen-bond donors (Lipinski definition) is 0. The van der Waals surface area contributed by atoms with Gasteiger partial charge in [-0.05, 0) is 19.8 Å². The van der Waals surface area contributed by atoms with Crippen molar-refractivity contribution in [2.75, 3.05) is 0 Å². The summed E-state index contributed by atoms with van der Waals surface area (Å²) in [7, 11) is 0. The number of ketones is 1. The van der Waals surface area contributed by atoms with Gasteiger partial charge in [-0.15, -0.1) is 0 Å². The van der Waals surface area contributed by atoms with E-state index in [0.717, 1.165) is 12.8 Å². The molecule has 1 nitrogen and oxygen atoms in total.